The van der Waals surface area contributed by atoms with E-state index in [2.05, 4.69) is 0 Å². The van der Waals surface area contributed by atoms with Gasteiger partial charge in [-0.25, -0.2) is 13.2 Å². The Balaban J connectivity index is 1.68. The Bertz CT molecular complexity index is 1460. The summed E-state index contributed by atoms with van der Waals surface area (Å²) < 4.78 is 30.2. The number of anilines is 2. The van der Waals surface area contributed by atoms with Gasteiger partial charge < -0.3 is 14.7 Å². The molecule has 0 unspecified atom stereocenters. The molecule has 1 atom stereocenters. The topological polar surface area (TPSA) is 104 Å². The molecule has 206 valence electrons. The van der Waals surface area contributed by atoms with Gasteiger partial charge in [-0.05, 0) is 74.2 Å². The number of carbonyl (C=O) groups excluding carboxylic acids is 2. The van der Waals surface area contributed by atoms with Crippen molar-refractivity contribution in [2.45, 2.75) is 44.3 Å². The van der Waals surface area contributed by atoms with Crippen LogP contribution in [0.3, 0.4) is 0 Å². The van der Waals surface area contributed by atoms with Crippen LogP contribution in [0.25, 0.3) is 11.1 Å². The number of ether oxygens (including phenoxy) is 1. The number of carbonyl (C=O) groups is 2. The normalized spacial score (nSPS) is 15.7. The summed E-state index contributed by atoms with van der Waals surface area (Å²) in [5.41, 5.74) is 2.37. The van der Waals surface area contributed by atoms with Crippen molar-refractivity contribution < 1.29 is 27.9 Å². The summed E-state index contributed by atoms with van der Waals surface area (Å²) >= 11 is 0. The molecule has 1 N–H and O–H groups in total. The Kier molecular flexibility index (Phi) is 8.13. The third kappa shape index (κ3) is 6.66. The Hall–Kier alpha value is -3.69. The summed E-state index contributed by atoms with van der Waals surface area (Å²) in [6, 6.07) is 21.5. The van der Waals surface area contributed by atoms with Crippen LogP contribution >= 0.6 is 0 Å². The minimum absolute atomic E-state index is 0.0667. The van der Waals surface area contributed by atoms with E-state index < -0.39 is 27.4 Å². The van der Waals surface area contributed by atoms with Gasteiger partial charge in [-0.1, -0.05) is 42.5 Å². The van der Waals surface area contributed by atoms with Gasteiger partial charge >= 0.3 is 6.09 Å². The highest BCUT2D eigenvalue weighted by Crippen LogP contribution is 2.34. The van der Waals surface area contributed by atoms with Gasteiger partial charge in [0.25, 0.3) is 0 Å². The molecule has 9 heteroatoms. The number of amides is 2. The highest BCUT2D eigenvalue weighted by Gasteiger charge is 2.36. The van der Waals surface area contributed by atoms with Gasteiger partial charge in [0.1, 0.15) is 5.60 Å². The molecule has 1 heterocycles. The average molecular weight is 551 g/mol. The van der Waals surface area contributed by atoms with Crippen LogP contribution < -0.4 is 4.90 Å². The van der Waals surface area contributed by atoms with E-state index in [0.29, 0.717) is 35.5 Å². The van der Waals surface area contributed by atoms with E-state index in [-0.39, 0.29) is 24.0 Å². The number of rotatable bonds is 6. The van der Waals surface area contributed by atoms with Crippen molar-refractivity contribution in [3.05, 3.63) is 78.4 Å². The van der Waals surface area contributed by atoms with E-state index in [0.717, 1.165) is 11.8 Å². The van der Waals surface area contributed by atoms with Gasteiger partial charge in [-0.2, -0.15) is 0 Å². The van der Waals surface area contributed by atoms with Crippen LogP contribution in [0.2, 0.25) is 0 Å². The first kappa shape index (κ1) is 28.3. The molecule has 0 bridgehead atoms. The van der Waals surface area contributed by atoms with Crippen LogP contribution in [0.5, 0.6) is 0 Å². The molecule has 1 saturated heterocycles. The molecule has 2 amide bonds. The number of aliphatic hydroxyl groups excluding tert-OH is 1. The maximum atomic E-state index is 14.0. The number of benzene rings is 3. The third-order valence-corrected chi connectivity index (χ3v) is 7.68. The van der Waals surface area contributed by atoms with Crippen LogP contribution in [-0.2, 0) is 26.0 Å². The number of likely N-dealkylation sites (tertiary alicyclic amines) is 1. The fourth-order valence-corrected chi connectivity index (χ4v) is 5.60. The predicted molar refractivity (Wildman–Crippen MR) is 150 cm³/mol. The minimum atomic E-state index is -3.56. The molecule has 1 fully saturated rings. The second kappa shape index (κ2) is 11.2. The van der Waals surface area contributed by atoms with Gasteiger partial charge in [-0.15, -0.1) is 0 Å². The van der Waals surface area contributed by atoms with Crippen molar-refractivity contribution in [3.63, 3.8) is 0 Å². The molecular formula is C30H34N2O6S. The summed E-state index contributed by atoms with van der Waals surface area (Å²) in [5, 5.41) is 9.62. The lowest BCUT2D eigenvalue weighted by Crippen LogP contribution is -2.38. The van der Waals surface area contributed by atoms with E-state index in [1.807, 2.05) is 75.4 Å². The maximum Gasteiger partial charge on any atom is 0.410 e. The van der Waals surface area contributed by atoms with Crippen molar-refractivity contribution in [3.8, 4) is 11.1 Å². The highest BCUT2D eigenvalue weighted by molar-refractivity contribution is 7.90. The summed E-state index contributed by atoms with van der Waals surface area (Å²) in [6.07, 6.45) is 1.19. The third-order valence-electron chi connectivity index (χ3n) is 6.50. The molecule has 0 aliphatic carbocycles. The zero-order chi connectivity index (χ0) is 28.4. The quantitative estimate of drug-likeness (QED) is 0.454. The number of para-hydroxylation sites is 1. The number of hydrogen-bond acceptors (Lipinski definition) is 6. The predicted octanol–water partition coefficient (Wildman–Crippen LogP) is 5.17. The van der Waals surface area contributed by atoms with E-state index >= 15 is 0 Å². The standard InChI is InChI=1S/C30H34N2O6S/c1-30(2,3)38-29(35)31-16-15-23(19-31)28(34)32(25-10-6-5-7-11-25)26-12-8-9-21(17-26)22-13-14-24(20-33)27(18-22)39(4,36)37/h5-14,17-18,23,33H,15-16,19-20H2,1-4H3/t23-/m0/s1. The van der Waals surface area contributed by atoms with Gasteiger partial charge in [-0.3, -0.25) is 9.69 Å². The second-order valence-corrected chi connectivity index (χ2v) is 12.7. The molecule has 1 aliphatic heterocycles. The van der Waals surface area contributed by atoms with Crippen molar-refractivity contribution in [2.24, 2.45) is 5.92 Å². The van der Waals surface area contributed by atoms with Crippen LogP contribution in [0.1, 0.15) is 32.8 Å². The largest absolute Gasteiger partial charge is 0.444 e. The zero-order valence-corrected chi connectivity index (χ0v) is 23.4. The highest BCUT2D eigenvalue weighted by atomic mass is 32.2. The first-order valence-corrected chi connectivity index (χ1v) is 14.7. The Labute approximate surface area is 229 Å². The maximum absolute atomic E-state index is 14.0. The summed E-state index contributed by atoms with van der Waals surface area (Å²) in [5.74, 6) is -0.557. The molecule has 3 aromatic rings. The van der Waals surface area contributed by atoms with Crippen molar-refractivity contribution in [2.75, 3.05) is 24.2 Å². The lowest BCUT2D eigenvalue weighted by molar-refractivity contribution is -0.121. The van der Waals surface area contributed by atoms with Crippen LogP contribution in [-0.4, -0.2) is 55.4 Å². The van der Waals surface area contributed by atoms with Gasteiger partial charge in [0.2, 0.25) is 5.91 Å². The van der Waals surface area contributed by atoms with Crippen LogP contribution in [0, 0.1) is 5.92 Å². The first-order valence-electron chi connectivity index (χ1n) is 12.8. The summed E-state index contributed by atoms with van der Waals surface area (Å²) in [7, 11) is -3.56. The molecule has 4 rings (SSSR count). The first-order chi connectivity index (χ1) is 18.4. The molecule has 0 saturated carbocycles. The SMILES string of the molecule is CC(C)(C)OC(=O)N1CC[C@H](C(=O)N(c2ccccc2)c2cccc(-c3ccc(CO)c(S(C)(=O)=O)c3)c2)C1. The number of aliphatic hydroxyl groups is 1. The number of hydrogen-bond donors (Lipinski definition) is 1. The van der Waals surface area contributed by atoms with Gasteiger partial charge in [0.15, 0.2) is 9.84 Å². The smallest absolute Gasteiger partial charge is 0.410 e. The van der Waals surface area contributed by atoms with Crippen LogP contribution in [0.4, 0.5) is 16.2 Å². The summed E-state index contributed by atoms with van der Waals surface area (Å²) in [6.45, 7) is 5.73. The second-order valence-electron chi connectivity index (χ2n) is 10.7. The Morgan fingerprint density at radius 1 is 0.974 bits per heavy atom. The van der Waals surface area contributed by atoms with E-state index in [1.165, 1.54) is 0 Å². The van der Waals surface area contributed by atoms with E-state index in [1.54, 1.807) is 28.0 Å². The van der Waals surface area contributed by atoms with Gasteiger partial charge in [0, 0.05) is 30.7 Å². The lowest BCUT2D eigenvalue weighted by Gasteiger charge is -2.27. The lowest BCUT2D eigenvalue weighted by atomic mass is 10.0. The zero-order valence-electron chi connectivity index (χ0n) is 22.6. The fourth-order valence-electron chi connectivity index (χ4n) is 4.65. The van der Waals surface area contributed by atoms with Crippen molar-refractivity contribution >= 4 is 33.2 Å². The van der Waals surface area contributed by atoms with E-state index in [4.69, 9.17) is 4.74 Å². The molecule has 0 spiro atoms. The Morgan fingerprint density at radius 3 is 2.28 bits per heavy atom. The molecule has 3 aromatic carbocycles. The van der Waals surface area contributed by atoms with Crippen molar-refractivity contribution in [1.82, 2.24) is 4.90 Å². The van der Waals surface area contributed by atoms with E-state index in [9.17, 15) is 23.1 Å². The average Bonchev–Trinajstić information content (AvgIpc) is 3.39. The summed E-state index contributed by atoms with van der Waals surface area (Å²) in [4.78, 5) is 29.8. The molecule has 0 aromatic heterocycles. The van der Waals surface area contributed by atoms with Crippen LogP contribution in [0.15, 0.2) is 77.7 Å². The molecule has 8 nitrogen and oxygen atoms in total. The Morgan fingerprint density at radius 2 is 1.64 bits per heavy atom. The number of nitrogens with zero attached hydrogens (tertiary/aromatic N) is 2. The molecule has 39 heavy (non-hydrogen) atoms. The fraction of sp³-hybridized carbons (Fsp3) is 0.333. The van der Waals surface area contributed by atoms with Gasteiger partial charge in [0.05, 0.1) is 17.4 Å². The van der Waals surface area contributed by atoms with Crippen molar-refractivity contribution in [1.29, 1.82) is 0 Å². The monoisotopic (exact) mass is 550 g/mol. The molecular weight excluding hydrogens is 516 g/mol. The molecule has 0 radical (unpaired) electrons. The minimum Gasteiger partial charge on any atom is -0.444 e. The number of sulfone groups is 1. The molecule has 1 aliphatic rings.